The minimum atomic E-state index is -4.32. The van der Waals surface area contributed by atoms with Crippen molar-refractivity contribution in [3.05, 3.63) is 16.1 Å². The molecule has 0 spiro atoms. The van der Waals surface area contributed by atoms with Gasteiger partial charge in [-0.25, -0.2) is 4.98 Å². The quantitative estimate of drug-likeness (QED) is 0.765. The monoisotopic (exact) mass is 211 g/mol. The van der Waals surface area contributed by atoms with Crippen LogP contribution in [0.1, 0.15) is 9.88 Å². The lowest BCUT2D eigenvalue weighted by molar-refractivity contribution is -0.137. The van der Waals surface area contributed by atoms with Gasteiger partial charge in [-0.3, -0.25) is 0 Å². The summed E-state index contributed by atoms with van der Waals surface area (Å²) in [6, 6.07) is 0. The molecule has 0 bridgehead atoms. The van der Waals surface area contributed by atoms with Crippen LogP contribution in [0.4, 0.5) is 13.2 Å². The van der Waals surface area contributed by atoms with Crippen LogP contribution in [0.25, 0.3) is 0 Å². The molecule has 1 rings (SSSR count). The molecule has 74 valence electrons. The van der Waals surface area contributed by atoms with E-state index in [4.69, 9.17) is 4.74 Å². The van der Waals surface area contributed by atoms with Gasteiger partial charge in [0.15, 0.2) is 5.01 Å². The summed E-state index contributed by atoms with van der Waals surface area (Å²) in [5.74, 6) is 0. The highest BCUT2D eigenvalue weighted by molar-refractivity contribution is 7.11. The molecule has 0 aromatic carbocycles. The summed E-state index contributed by atoms with van der Waals surface area (Å²) >= 11 is 0.664. The smallest absolute Gasteiger partial charge is 0.384 e. The van der Waals surface area contributed by atoms with Crippen LogP contribution in [0, 0.1) is 0 Å². The summed E-state index contributed by atoms with van der Waals surface area (Å²) in [6.07, 6.45) is -2.60. The molecule has 0 aliphatic carbocycles. The average Bonchev–Trinajstić information content (AvgIpc) is 2.47. The molecule has 0 unspecified atom stereocenters. The Morgan fingerprint density at radius 3 is 2.69 bits per heavy atom. The van der Waals surface area contributed by atoms with E-state index in [9.17, 15) is 13.2 Å². The first-order valence-corrected chi connectivity index (χ1v) is 4.36. The zero-order valence-corrected chi connectivity index (χ0v) is 7.71. The minimum absolute atomic E-state index is 0.416. The van der Waals surface area contributed by atoms with Crippen LogP contribution < -0.4 is 0 Å². The molecule has 0 N–H and O–H groups in total. The van der Waals surface area contributed by atoms with Crippen molar-refractivity contribution >= 4 is 11.3 Å². The van der Waals surface area contributed by atoms with Gasteiger partial charge in [0.1, 0.15) is 0 Å². The third-order valence-corrected chi connectivity index (χ3v) is 2.45. The van der Waals surface area contributed by atoms with Crippen LogP contribution >= 0.6 is 11.3 Å². The molecule has 2 nitrogen and oxygen atoms in total. The molecule has 0 radical (unpaired) electrons. The van der Waals surface area contributed by atoms with Gasteiger partial charge in [-0.1, -0.05) is 0 Å². The summed E-state index contributed by atoms with van der Waals surface area (Å²) in [7, 11) is 1.51. The maximum absolute atomic E-state index is 12.0. The van der Waals surface area contributed by atoms with Gasteiger partial charge >= 0.3 is 6.18 Å². The van der Waals surface area contributed by atoms with Crippen molar-refractivity contribution in [2.45, 2.75) is 12.6 Å². The van der Waals surface area contributed by atoms with Gasteiger partial charge in [0.05, 0.1) is 6.61 Å². The number of hydrogen-bond acceptors (Lipinski definition) is 3. The van der Waals surface area contributed by atoms with Crippen LogP contribution in [0.5, 0.6) is 0 Å². The van der Waals surface area contributed by atoms with Crippen molar-refractivity contribution in [3.63, 3.8) is 0 Å². The Morgan fingerprint density at radius 1 is 1.54 bits per heavy atom. The lowest BCUT2D eigenvalue weighted by atomic mass is 10.4. The molecule has 0 amide bonds. The van der Waals surface area contributed by atoms with Gasteiger partial charge in [-0.05, 0) is 0 Å². The Hall–Kier alpha value is -0.620. The number of methoxy groups -OCH3 is 1. The Labute approximate surface area is 77.4 Å². The number of thiazole rings is 1. The Morgan fingerprint density at radius 2 is 2.23 bits per heavy atom. The minimum Gasteiger partial charge on any atom is -0.384 e. The van der Waals surface area contributed by atoms with E-state index in [1.165, 1.54) is 13.3 Å². The van der Waals surface area contributed by atoms with Crippen LogP contribution in [-0.4, -0.2) is 18.7 Å². The van der Waals surface area contributed by atoms with E-state index in [2.05, 4.69) is 4.98 Å². The third-order valence-electron chi connectivity index (χ3n) is 1.35. The Bertz CT molecular complexity index is 271. The maximum atomic E-state index is 12.0. The molecule has 6 heteroatoms. The number of ether oxygens (including phenoxy) is 1. The predicted octanol–water partition coefficient (Wildman–Crippen LogP) is 2.35. The molecular formula is C7H8F3NOS. The first-order chi connectivity index (χ1) is 6.04. The van der Waals surface area contributed by atoms with Crippen molar-refractivity contribution in [1.29, 1.82) is 0 Å². The predicted molar refractivity (Wildman–Crippen MR) is 42.7 cm³/mol. The normalized spacial score (nSPS) is 12.0. The molecule has 0 saturated heterocycles. The summed E-state index contributed by atoms with van der Waals surface area (Å²) < 4.78 is 40.9. The van der Waals surface area contributed by atoms with Crippen molar-refractivity contribution in [2.24, 2.45) is 0 Å². The van der Waals surface area contributed by atoms with E-state index in [0.29, 0.717) is 29.2 Å². The summed E-state index contributed by atoms with van der Waals surface area (Å²) in [6.45, 7) is 0.416. The van der Waals surface area contributed by atoms with Crippen molar-refractivity contribution in [1.82, 2.24) is 4.98 Å². The second kappa shape index (κ2) is 4.06. The molecule has 13 heavy (non-hydrogen) atoms. The lowest BCUT2D eigenvalue weighted by Crippen LogP contribution is -2.02. The first kappa shape index (κ1) is 10.5. The first-order valence-electron chi connectivity index (χ1n) is 3.55. The highest BCUT2D eigenvalue weighted by Gasteiger charge is 2.34. The van der Waals surface area contributed by atoms with Gasteiger partial charge in [-0.15, -0.1) is 11.3 Å². The highest BCUT2D eigenvalue weighted by Crippen LogP contribution is 2.32. The third kappa shape index (κ3) is 2.96. The molecule has 0 fully saturated rings. The second-order valence-electron chi connectivity index (χ2n) is 2.37. The summed E-state index contributed by atoms with van der Waals surface area (Å²) in [5, 5.41) is -0.793. The lowest BCUT2D eigenvalue weighted by Gasteiger charge is -1.98. The van der Waals surface area contributed by atoms with Crippen LogP contribution in [0.2, 0.25) is 0 Å². The number of rotatable bonds is 3. The van der Waals surface area contributed by atoms with Crippen LogP contribution in [0.15, 0.2) is 6.20 Å². The largest absolute Gasteiger partial charge is 0.443 e. The SMILES string of the molecule is COCCc1cnc(C(F)(F)F)s1. The van der Waals surface area contributed by atoms with Crippen LogP contribution in [-0.2, 0) is 17.3 Å². The summed E-state index contributed by atoms with van der Waals surface area (Å²) in [5.41, 5.74) is 0. The van der Waals surface area contributed by atoms with Crippen molar-refractivity contribution < 1.29 is 17.9 Å². The Kier molecular flexibility index (Phi) is 3.27. The number of alkyl halides is 3. The van der Waals surface area contributed by atoms with Gasteiger partial charge < -0.3 is 4.74 Å². The number of hydrogen-bond donors (Lipinski definition) is 0. The summed E-state index contributed by atoms with van der Waals surface area (Å²) in [4.78, 5) is 3.87. The van der Waals surface area contributed by atoms with E-state index in [0.717, 1.165) is 0 Å². The molecule has 1 aromatic heterocycles. The average molecular weight is 211 g/mol. The number of halogens is 3. The van der Waals surface area contributed by atoms with Gasteiger partial charge in [-0.2, -0.15) is 13.2 Å². The fourth-order valence-electron chi connectivity index (χ4n) is 0.757. The zero-order valence-electron chi connectivity index (χ0n) is 6.89. The zero-order chi connectivity index (χ0) is 9.90. The van der Waals surface area contributed by atoms with Crippen LogP contribution in [0.3, 0.4) is 0 Å². The van der Waals surface area contributed by atoms with Gasteiger partial charge in [0.25, 0.3) is 0 Å². The molecule has 0 aliphatic heterocycles. The standard InChI is InChI=1S/C7H8F3NOS/c1-12-3-2-5-4-11-6(13-5)7(8,9)10/h4H,2-3H2,1H3. The van der Waals surface area contributed by atoms with E-state index in [1.54, 1.807) is 0 Å². The topological polar surface area (TPSA) is 22.1 Å². The number of aromatic nitrogens is 1. The maximum Gasteiger partial charge on any atom is 0.443 e. The molecular weight excluding hydrogens is 203 g/mol. The number of nitrogens with zero attached hydrogens (tertiary/aromatic N) is 1. The molecule has 1 heterocycles. The Balaban J connectivity index is 2.64. The van der Waals surface area contributed by atoms with Gasteiger partial charge in [0.2, 0.25) is 0 Å². The van der Waals surface area contributed by atoms with Crippen molar-refractivity contribution in [2.75, 3.05) is 13.7 Å². The van der Waals surface area contributed by atoms with E-state index < -0.39 is 11.2 Å². The van der Waals surface area contributed by atoms with Crippen molar-refractivity contribution in [3.8, 4) is 0 Å². The fourth-order valence-corrected chi connectivity index (χ4v) is 1.52. The highest BCUT2D eigenvalue weighted by atomic mass is 32.1. The second-order valence-corrected chi connectivity index (χ2v) is 3.49. The van der Waals surface area contributed by atoms with E-state index >= 15 is 0 Å². The van der Waals surface area contributed by atoms with E-state index in [-0.39, 0.29) is 0 Å². The fraction of sp³-hybridized carbons (Fsp3) is 0.571. The molecule has 0 atom stereocenters. The van der Waals surface area contributed by atoms with E-state index in [1.807, 2.05) is 0 Å². The molecule has 1 aromatic rings. The molecule has 0 aliphatic rings. The van der Waals surface area contributed by atoms with Gasteiger partial charge in [0, 0.05) is 24.6 Å². The molecule has 0 saturated carbocycles.